The van der Waals surface area contributed by atoms with Gasteiger partial charge in [0.25, 0.3) is 0 Å². The predicted molar refractivity (Wildman–Crippen MR) is 55.9 cm³/mol. The molecule has 0 aliphatic heterocycles. The summed E-state index contributed by atoms with van der Waals surface area (Å²) in [4.78, 5) is 15.1. The minimum Gasteiger partial charge on any atom is -0.309 e. The molecule has 0 aliphatic rings. The highest BCUT2D eigenvalue weighted by atomic mass is 35.5. The molecule has 1 amide bonds. The Morgan fingerprint density at radius 1 is 1.71 bits per heavy atom. The zero-order valence-electron chi connectivity index (χ0n) is 7.46. The molecule has 3 nitrogen and oxygen atoms in total. The highest BCUT2D eigenvalue weighted by Gasteiger charge is 2.04. The fraction of sp³-hybridized carbons (Fsp3) is 0.200. The standard InChI is InChI=1S/C10H9ClN2O/c1-2-3-6-9(14)13-10-8(11)5-4-7-12-10/h1,4-5,7H,3,6H2,(H,12,13,14). The number of nitrogens with zero attached hydrogens (tertiary/aromatic N) is 1. The van der Waals surface area contributed by atoms with Gasteiger partial charge in [0.1, 0.15) is 0 Å². The molecule has 72 valence electrons. The molecular formula is C10H9ClN2O. The summed E-state index contributed by atoms with van der Waals surface area (Å²) in [6.07, 6.45) is 7.28. The van der Waals surface area contributed by atoms with Crippen molar-refractivity contribution in [1.29, 1.82) is 0 Å². The second-order valence-electron chi connectivity index (χ2n) is 2.59. The summed E-state index contributed by atoms with van der Waals surface area (Å²) in [5, 5.41) is 2.99. The molecule has 14 heavy (non-hydrogen) atoms. The number of nitrogens with one attached hydrogen (secondary N) is 1. The molecule has 0 radical (unpaired) electrons. The quantitative estimate of drug-likeness (QED) is 0.773. The van der Waals surface area contributed by atoms with E-state index >= 15 is 0 Å². The van der Waals surface area contributed by atoms with Gasteiger partial charge in [-0.05, 0) is 12.1 Å². The molecule has 0 spiro atoms. The molecule has 1 aromatic rings. The van der Waals surface area contributed by atoms with Crippen molar-refractivity contribution in [3.05, 3.63) is 23.4 Å². The van der Waals surface area contributed by atoms with Gasteiger partial charge in [0.2, 0.25) is 5.91 Å². The van der Waals surface area contributed by atoms with Crippen molar-refractivity contribution < 1.29 is 4.79 Å². The van der Waals surface area contributed by atoms with Gasteiger partial charge in [0.05, 0.1) is 5.02 Å². The summed E-state index contributed by atoms with van der Waals surface area (Å²) in [6, 6.07) is 3.35. The molecular weight excluding hydrogens is 200 g/mol. The number of carbonyl (C=O) groups excluding carboxylic acids is 1. The molecule has 1 N–H and O–H groups in total. The summed E-state index contributed by atoms with van der Waals surface area (Å²) < 4.78 is 0. The lowest BCUT2D eigenvalue weighted by atomic mass is 10.3. The van der Waals surface area contributed by atoms with Gasteiger partial charge < -0.3 is 5.32 Å². The zero-order chi connectivity index (χ0) is 10.4. The first-order valence-corrected chi connectivity index (χ1v) is 4.45. The van der Waals surface area contributed by atoms with E-state index in [4.69, 9.17) is 18.0 Å². The average Bonchev–Trinajstić information content (AvgIpc) is 2.18. The Labute approximate surface area is 87.5 Å². The Hall–Kier alpha value is -1.53. The molecule has 1 heterocycles. The average molecular weight is 209 g/mol. The van der Waals surface area contributed by atoms with E-state index in [0.29, 0.717) is 17.3 Å². The van der Waals surface area contributed by atoms with E-state index in [9.17, 15) is 4.79 Å². The number of halogens is 1. The number of carbonyl (C=O) groups is 1. The van der Waals surface area contributed by atoms with Crippen LogP contribution in [-0.2, 0) is 4.79 Å². The second-order valence-corrected chi connectivity index (χ2v) is 2.99. The first kappa shape index (κ1) is 10.6. The normalized spacial score (nSPS) is 9.14. The summed E-state index contributed by atoms with van der Waals surface area (Å²) in [5.41, 5.74) is 0. The van der Waals surface area contributed by atoms with E-state index in [1.54, 1.807) is 18.3 Å². The maximum absolute atomic E-state index is 11.2. The van der Waals surface area contributed by atoms with Crippen LogP contribution < -0.4 is 5.32 Å². The van der Waals surface area contributed by atoms with Crippen LogP contribution in [0.5, 0.6) is 0 Å². The van der Waals surface area contributed by atoms with Crippen molar-refractivity contribution in [1.82, 2.24) is 4.98 Å². The molecule has 1 rings (SSSR count). The lowest BCUT2D eigenvalue weighted by Crippen LogP contribution is -2.12. The fourth-order valence-electron chi connectivity index (χ4n) is 0.858. The smallest absolute Gasteiger partial charge is 0.226 e. The second kappa shape index (κ2) is 5.25. The number of hydrogen-bond acceptors (Lipinski definition) is 2. The van der Waals surface area contributed by atoms with Crippen molar-refractivity contribution in [3.8, 4) is 12.3 Å². The van der Waals surface area contributed by atoms with Gasteiger partial charge in [0, 0.05) is 19.0 Å². The van der Waals surface area contributed by atoms with Gasteiger partial charge in [-0.2, -0.15) is 0 Å². The highest BCUT2D eigenvalue weighted by molar-refractivity contribution is 6.33. The minimum atomic E-state index is -0.177. The van der Waals surface area contributed by atoms with Crippen molar-refractivity contribution in [2.45, 2.75) is 12.8 Å². The third-order valence-corrected chi connectivity index (χ3v) is 1.82. The summed E-state index contributed by atoms with van der Waals surface area (Å²) in [7, 11) is 0. The fourth-order valence-corrected chi connectivity index (χ4v) is 1.03. The molecule has 4 heteroatoms. The van der Waals surface area contributed by atoms with E-state index in [2.05, 4.69) is 16.2 Å². The Morgan fingerprint density at radius 3 is 3.14 bits per heavy atom. The Kier molecular flexibility index (Phi) is 3.96. The van der Waals surface area contributed by atoms with Crippen LogP contribution in [-0.4, -0.2) is 10.9 Å². The van der Waals surface area contributed by atoms with Gasteiger partial charge in [-0.25, -0.2) is 4.98 Å². The number of anilines is 1. The van der Waals surface area contributed by atoms with Gasteiger partial charge >= 0.3 is 0 Å². The molecule has 0 fully saturated rings. The zero-order valence-corrected chi connectivity index (χ0v) is 8.21. The predicted octanol–water partition coefficient (Wildman–Crippen LogP) is 2.09. The van der Waals surface area contributed by atoms with Crippen LogP contribution in [0.25, 0.3) is 0 Å². The number of terminal acetylenes is 1. The maximum atomic E-state index is 11.2. The minimum absolute atomic E-state index is 0.177. The number of pyridine rings is 1. The number of aromatic nitrogens is 1. The third kappa shape index (κ3) is 3.08. The monoisotopic (exact) mass is 208 g/mol. The van der Waals surface area contributed by atoms with Crippen LogP contribution in [0.1, 0.15) is 12.8 Å². The topological polar surface area (TPSA) is 42.0 Å². The van der Waals surface area contributed by atoms with Gasteiger partial charge in [0.15, 0.2) is 5.82 Å². The third-order valence-electron chi connectivity index (χ3n) is 1.51. The van der Waals surface area contributed by atoms with E-state index in [0.717, 1.165) is 0 Å². The summed E-state index contributed by atoms with van der Waals surface area (Å²) >= 11 is 5.78. The number of rotatable bonds is 3. The Balaban J connectivity index is 2.57. The maximum Gasteiger partial charge on any atom is 0.226 e. The van der Waals surface area contributed by atoms with Crippen molar-refractivity contribution >= 4 is 23.3 Å². The molecule has 0 atom stereocenters. The Morgan fingerprint density at radius 2 is 2.50 bits per heavy atom. The van der Waals surface area contributed by atoms with Crippen LogP contribution in [0.15, 0.2) is 18.3 Å². The molecule has 0 aromatic carbocycles. The number of amides is 1. The molecule has 0 unspecified atom stereocenters. The van der Waals surface area contributed by atoms with Crippen LogP contribution in [0.2, 0.25) is 5.02 Å². The highest BCUT2D eigenvalue weighted by Crippen LogP contribution is 2.17. The summed E-state index contributed by atoms with van der Waals surface area (Å²) in [6.45, 7) is 0. The van der Waals surface area contributed by atoms with Crippen molar-refractivity contribution in [3.63, 3.8) is 0 Å². The van der Waals surface area contributed by atoms with Crippen LogP contribution >= 0.6 is 11.6 Å². The largest absolute Gasteiger partial charge is 0.309 e. The lowest BCUT2D eigenvalue weighted by molar-refractivity contribution is -0.116. The number of hydrogen-bond donors (Lipinski definition) is 1. The molecule has 1 aromatic heterocycles. The van der Waals surface area contributed by atoms with E-state index in [-0.39, 0.29) is 12.3 Å². The van der Waals surface area contributed by atoms with E-state index in [1.165, 1.54) is 0 Å². The Bertz CT molecular complexity index is 371. The molecule has 0 saturated heterocycles. The van der Waals surface area contributed by atoms with Crippen LogP contribution in [0.4, 0.5) is 5.82 Å². The van der Waals surface area contributed by atoms with Crippen LogP contribution in [0.3, 0.4) is 0 Å². The first-order valence-electron chi connectivity index (χ1n) is 4.08. The molecule has 0 aliphatic carbocycles. The van der Waals surface area contributed by atoms with Gasteiger partial charge in [-0.1, -0.05) is 11.6 Å². The van der Waals surface area contributed by atoms with E-state index in [1.807, 2.05) is 0 Å². The van der Waals surface area contributed by atoms with Gasteiger partial charge in [-0.3, -0.25) is 4.79 Å². The molecule has 0 saturated carbocycles. The lowest BCUT2D eigenvalue weighted by Gasteiger charge is -2.03. The van der Waals surface area contributed by atoms with Crippen LogP contribution in [0, 0.1) is 12.3 Å². The van der Waals surface area contributed by atoms with E-state index < -0.39 is 0 Å². The first-order chi connectivity index (χ1) is 6.74. The van der Waals surface area contributed by atoms with Crippen molar-refractivity contribution in [2.75, 3.05) is 5.32 Å². The molecule has 0 bridgehead atoms. The summed E-state index contributed by atoms with van der Waals surface area (Å²) in [5.74, 6) is 2.58. The van der Waals surface area contributed by atoms with Gasteiger partial charge in [-0.15, -0.1) is 12.3 Å². The van der Waals surface area contributed by atoms with Crippen molar-refractivity contribution in [2.24, 2.45) is 0 Å². The SMILES string of the molecule is C#CCCC(=O)Nc1ncccc1Cl.